The van der Waals surface area contributed by atoms with Gasteiger partial charge in [-0.1, -0.05) is 12.1 Å². The maximum atomic E-state index is 12.2. The van der Waals surface area contributed by atoms with Crippen molar-refractivity contribution in [3.05, 3.63) is 29.8 Å². The van der Waals surface area contributed by atoms with Crippen LogP contribution in [0.5, 0.6) is 5.75 Å². The number of hydrogen-bond donors (Lipinski definition) is 0. The van der Waals surface area contributed by atoms with Gasteiger partial charge in [0, 0.05) is 12.8 Å². The Morgan fingerprint density at radius 1 is 1.40 bits per heavy atom. The first-order valence-electron chi connectivity index (χ1n) is 6.80. The van der Waals surface area contributed by atoms with Crippen LogP contribution in [0.1, 0.15) is 18.4 Å². The molecule has 2 saturated heterocycles. The minimum absolute atomic E-state index is 0.0324. The van der Waals surface area contributed by atoms with E-state index in [0.717, 1.165) is 11.3 Å². The molecule has 1 aromatic rings. The second kappa shape index (κ2) is 5.15. The van der Waals surface area contributed by atoms with Crippen LogP contribution < -0.4 is 4.74 Å². The molecular weight excluding hydrogens is 258 g/mol. The Kier molecular flexibility index (Phi) is 3.34. The Bertz CT molecular complexity index is 525. The number of esters is 1. The van der Waals surface area contributed by atoms with Gasteiger partial charge in [0.25, 0.3) is 0 Å². The third-order valence-corrected chi connectivity index (χ3v) is 3.92. The van der Waals surface area contributed by atoms with Gasteiger partial charge in [-0.15, -0.1) is 0 Å². The van der Waals surface area contributed by atoms with E-state index in [1.165, 1.54) is 0 Å². The summed E-state index contributed by atoms with van der Waals surface area (Å²) < 4.78 is 10.2. The molecule has 5 heteroatoms. The van der Waals surface area contributed by atoms with E-state index >= 15 is 0 Å². The molecule has 2 bridgehead atoms. The highest BCUT2D eigenvalue weighted by Gasteiger charge is 2.48. The van der Waals surface area contributed by atoms with Crippen LogP contribution in [-0.2, 0) is 20.7 Å². The summed E-state index contributed by atoms with van der Waals surface area (Å²) in [5.41, 5.74) is 1.09. The van der Waals surface area contributed by atoms with E-state index in [1.807, 2.05) is 24.3 Å². The van der Waals surface area contributed by atoms with Gasteiger partial charge in [-0.2, -0.15) is 0 Å². The van der Waals surface area contributed by atoms with Crippen LogP contribution in [0.2, 0.25) is 0 Å². The van der Waals surface area contributed by atoms with Gasteiger partial charge in [-0.3, -0.25) is 4.79 Å². The zero-order chi connectivity index (χ0) is 14.1. The highest BCUT2D eigenvalue weighted by Crippen LogP contribution is 2.29. The van der Waals surface area contributed by atoms with E-state index in [4.69, 9.17) is 9.47 Å². The molecule has 0 unspecified atom stereocenters. The van der Waals surface area contributed by atoms with Crippen LogP contribution in [0.4, 0.5) is 0 Å². The number of hydrogen-bond acceptors (Lipinski definition) is 4. The molecule has 0 saturated carbocycles. The van der Waals surface area contributed by atoms with Crippen molar-refractivity contribution in [2.45, 2.75) is 31.4 Å². The first kappa shape index (κ1) is 13.0. The number of amides is 1. The van der Waals surface area contributed by atoms with E-state index in [2.05, 4.69) is 0 Å². The van der Waals surface area contributed by atoms with Crippen LogP contribution in [0.3, 0.4) is 0 Å². The third kappa shape index (κ3) is 2.35. The number of carbonyl (C=O) groups is 2. The first-order valence-corrected chi connectivity index (χ1v) is 6.80. The summed E-state index contributed by atoms with van der Waals surface area (Å²) in [6, 6.07) is 7.33. The standard InChI is InChI=1S/C15H17NO4/c1-19-11-5-2-10(3-6-11)4-7-14(17)16-9-12-8-13(16)15(18)20-12/h2-3,5-6,12-13H,4,7-9H2,1H3/t12-,13+/m0/s1. The number of morpholine rings is 1. The fourth-order valence-corrected chi connectivity index (χ4v) is 2.81. The molecule has 20 heavy (non-hydrogen) atoms. The number of carbonyl (C=O) groups excluding carboxylic acids is 2. The van der Waals surface area contributed by atoms with E-state index in [1.54, 1.807) is 12.0 Å². The van der Waals surface area contributed by atoms with Crippen LogP contribution >= 0.6 is 0 Å². The Morgan fingerprint density at radius 3 is 2.75 bits per heavy atom. The Morgan fingerprint density at radius 2 is 2.15 bits per heavy atom. The average molecular weight is 275 g/mol. The van der Waals surface area contributed by atoms with Crippen molar-refractivity contribution in [3.8, 4) is 5.75 Å². The quantitative estimate of drug-likeness (QED) is 0.774. The maximum absolute atomic E-state index is 12.2. The van der Waals surface area contributed by atoms with Crippen molar-refractivity contribution in [2.75, 3.05) is 13.7 Å². The topological polar surface area (TPSA) is 55.8 Å². The zero-order valence-corrected chi connectivity index (χ0v) is 11.4. The summed E-state index contributed by atoms with van der Waals surface area (Å²) in [4.78, 5) is 25.3. The maximum Gasteiger partial charge on any atom is 0.329 e. The molecule has 2 aliphatic rings. The van der Waals surface area contributed by atoms with Gasteiger partial charge in [-0.05, 0) is 24.1 Å². The zero-order valence-electron chi connectivity index (χ0n) is 11.4. The van der Waals surface area contributed by atoms with Crippen molar-refractivity contribution in [3.63, 3.8) is 0 Å². The highest BCUT2D eigenvalue weighted by molar-refractivity contribution is 5.87. The van der Waals surface area contributed by atoms with Crippen molar-refractivity contribution in [2.24, 2.45) is 0 Å². The molecule has 106 valence electrons. The van der Waals surface area contributed by atoms with E-state index in [0.29, 0.717) is 25.8 Å². The van der Waals surface area contributed by atoms with Gasteiger partial charge in [0.1, 0.15) is 17.9 Å². The van der Waals surface area contributed by atoms with Gasteiger partial charge in [-0.25, -0.2) is 4.79 Å². The third-order valence-electron chi connectivity index (χ3n) is 3.92. The van der Waals surface area contributed by atoms with Crippen LogP contribution in [0.15, 0.2) is 24.3 Å². The lowest BCUT2D eigenvalue weighted by Crippen LogP contribution is -2.44. The van der Waals surface area contributed by atoms with Crippen LogP contribution in [-0.4, -0.2) is 42.6 Å². The van der Waals surface area contributed by atoms with Gasteiger partial charge in [0.2, 0.25) is 5.91 Å². The molecule has 2 fully saturated rings. The number of nitrogens with zero attached hydrogens (tertiary/aromatic N) is 1. The van der Waals surface area contributed by atoms with Crippen molar-refractivity contribution in [1.82, 2.24) is 4.90 Å². The van der Waals surface area contributed by atoms with Crippen molar-refractivity contribution >= 4 is 11.9 Å². The minimum atomic E-state index is -0.344. The largest absolute Gasteiger partial charge is 0.497 e. The molecule has 1 aromatic carbocycles. The second-order valence-electron chi connectivity index (χ2n) is 5.20. The molecule has 0 N–H and O–H groups in total. The highest BCUT2D eigenvalue weighted by atomic mass is 16.6. The fraction of sp³-hybridized carbons (Fsp3) is 0.467. The molecule has 1 amide bonds. The molecule has 2 heterocycles. The molecule has 0 radical (unpaired) electrons. The molecule has 0 spiro atoms. The molecule has 0 aromatic heterocycles. The molecule has 2 aliphatic heterocycles. The number of benzene rings is 1. The lowest BCUT2D eigenvalue weighted by Gasteiger charge is -2.25. The summed E-state index contributed by atoms with van der Waals surface area (Å²) in [5, 5.41) is 0. The second-order valence-corrected chi connectivity index (χ2v) is 5.20. The number of fused-ring (bicyclic) bond motifs is 2. The monoisotopic (exact) mass is 275 g/mol. The molecular formula is C15H17NO4. The average Bonchev–Trinajstić information content (AvgIpc) is 3.04. The van der Waals surface area contributed by atoms with Gasteiger partial charge >= 0.3 is 5.97 Å². The number of methoxy groups -OCH3 is 1. The molecule has 5 nitrogen and oxygen atoms in total. The lowest BCUT2D eigenvalue weighted by atomic mass is 10.1. The van der Waals surface area contributed by atoms with Crippen molar-refractivity contribution in [1.29, 1.82) is 0 Å². The van der Waals surface area contributed by atoms with E-state index < -0.39 is 0 Å². The Balaban J connectivity index is 1.55. The van der Waals surface area contributed by atoms with Crippen LogP contribution in [0.25, 0.3) is 0 Å². The summed E-state index contributed by atoms with van der Waals surface area (Å²) in [6.07, 6.45) is 1.67. The smallest absolute Gasteiger partial charge is 0.329 e. The number of ether oxygens (including phenoxy) is 2. The summed E-state index contributed by atoms with van der Waals surface area (Å²) in [5.74, 6) is 0.587. The number of aryl methyl sites for hydroxylation is 1. The summed E-state index contributed by atoms with van der Waals surface area (Å²) in [7, 11) is 1.63. The number of rotatable bonds is 4. The van der Waals surface area contributed by atoms with E-state index in [9.17, 15) is 9.59 Å². The predicted octanol–water partition coefficient (Wildman–Crippen LogP) is 1.15. The van der Waals surface area contributed by atoms with Gasteiger partial charge < -0.3 is 14.4 Å². The number of likely N-dealkylation sites (tertiary alicyclic amines) is 1. The summed E-state index contributed by atoms with van der Waals surface area (Å²) in [6.45, 7) is 0.553. The van der Waals surface area contributed by atoms with Crippen LogP contribution in [0, 0.1) is 0 Å². The van der Waals surface area contributed by atoms with Gasteiger partial charge in [0.05, 0.1) is 13.7 Å². The molecule has 2 atom stereocenters. The lowest BCUT2D eigenvalue weighted by molar-refractivity contribution is -0.157. The van der Waals surface area contributed by atoms with Crippen molar-refractivity contribution < 1.29 is 19.1 Å². The molecule has 0 aliphatic carbocycles. The SMILES string of the molecule is COc1ccc(CCC(=O)N2C[C@@H]3C[C@@H]2C(=O)O3)cc1. The normalized spacial score (nSPS) is 23.9. The summed E-state index contributed by atoms with van der Waals surface area (Å²) >= 11 is 0. The Hall–Kier alpha value is -2.04. The van der Waals surface area contributed by atoms with E-state index in [-0.39, 0.29) is 24.0 Å². The first-order chi connectivity index (χ1) is 9.67. The Labute approximate surface area is 117 Å². The minimum Gasteiger partial charge on any atom is -0.497 e. The molecule has 3 rings (SSSR count). The fourth-order valence-electron chi connectivity index (χ4n) is 2.81. The predicted molar refractivity (Wildman–Crippen MR) is 71.3 cm³/mol. The van der Waals surface area contributed by atoms with Gasteiger partial charge in [0.15, 0.2) is 0 Å².